The predicted octanol–water partition coefficient (Wildman–Crippen LogP) is 1.70. The number of nitrogens with zero attached hydrogens (tertiary/aromatic N) is 2. The van der Waals surface area contributed by atoms with Crippen molar-refractivity contribution in [2.45, 2.75) is 6.54 Å². The van der Waals surface area contributed by atoms with Gasteiger partial charge >= 0.3 is 11.8 Å². The lowest BCUT2D eigenvalue weighted by Crippen LogP contribution is -2.53. The average Bonchev–Trinajstić information content (AvgIpc) is 2.41. The first-order valence-electron chi connectivity index (χ1n) is 6.05. The molecule has 1 heterocycles. The summed E-state index contributed by atoms with van der Waals surface area (Å²) in [6.07, 6.45) is 1.63. The van der Waals surface area contributed by atoms with E-state index in [1.165, 1.54) is 4.90 Å². The third kappa shape index (κ3) is 3.15. The van der Waals surface area contributed by atoms with Gasteiger partial charge in [0.2, 0.25) is 0 Å². The van der Waals surface area contributed by atoms with Crippen LogP contribution in [0.2, 0.25) is 5.02 Å². The minimum absolute atomic E-state index is 0.416. The van der Waals surface area contributed by atoms with Crippen LogP contribution in [0.25, 0.3) is 0 Å². The van der Waals surface area contributed by atoms with Gasteiger partial charge < -0.3 is 9.80 Å². The van der Waals surface area contributed by atoms with Crippen molar-refractivity contribution in [3.05, 3.63) is 47.5 Å². The van der Waals surface area contributed by atoms with E-state index in [0.717, 1.165) is 5.56 Å². The number of piperazine rings is 1. The van der Waals surface area contributed by atoms with Gasteiger partial charge in [-0.25, -0.2) is 0 Å². The summed E-state index contributed by atoms with van der Waals surface area (Å²) >= 11 is 5.81. The second-order valence-corrected chi connectivity index (χ2v) is 4.83. The number of halogens is 1. The van der Waals surface area contributed by atoms with E-state index in [2.05, 4.69) is 6.58 Å². The summed E-state index contributed by atoms with van der Waals surface area (Å²) in [4.78, 5) is 26.9. The number of carbonyl (C=O) groups excluding carboxylic acids is 2. The zero-order valence-corrected chi connectivity index (χ0v) is 11.3. The minimum Gasteiger partial charge on any atom is -0.329 e. The molecule has 19 heavy (non-hydrogen) atoms. The molecule has 1 aliphatic heterocycles. The highest BCUT2D eigenvalue weighted by atomic mass is 35.5. The summed E-state index contributed by atoms with van der Waals surface area (Å²) in [5.41, 5.74) is 0.961. The maximum Gasteiger partial charge on any atom is 0.312 e. The van der Waals surface area contributed by atoms with E-state index >= 15 is 0 Å². The van der Waals surface area contributed by atoms with Gasteiger partial charge in [-0.1, -0.05) is 29.8 Å². The fourth-order valence-corrected chi connectivity index (χ4v) is 2.13. The van der Waals surface area contributed by atoms with Crippen LogP contribution in [0, 0.1) is 0 Å². The zero-order valence-electron chi connectivity index (χ0n) is 10.5. The van der Waals surface area contributed by atoms with Gasteiger partial charge in [-0.3, -0.25) is 9.59 Å². The molecular weight excluding hydrogens is 264 g/mol. The summed E-state index contributed by atoms with van der Waals surface area (Å²) in [5, 5.41) is 0.655. The standard InChI is InChI=1S/C14H15ClN2O2/c1-2-7-16-8-9-17(14(19)13(16)18)10-11-3-5-12(15)6-4-11/h2-6H,1,7-10H2. The van der Waals surface area contributed by atoms with E-state index in [1.54, 1.807) is 23.1 Å². The summed E-state index contributed by atoms with van der Waals surface area (Å²) < 4.78 is 0. The number of hydrogen-bond acceptors (Lipinski definition) is 2. The van der Waals surface area contributed by atoms with Gasteiger partial charge in [0.1, 0.15) is 0 Å². The highest BCUT2D eigenvalue weighted by molar-refractivity contribution is 6.35. The zero-order chi connectivity index (χ0) is 13.8. The normalized spacial score (nSPS) is 15.8. The van der Waals surface area contributed by atoms with Crippen LogP contribution in [-0.4, -0.2) is 41.2 Å². The molecule has 1 saturated heterocycles. The molecule has 4 nitrogen and oxygen atoms in total. The number of hydrogen-bond donors (Lipinski definition) is 0. The van der Waals surface area contributed by atoms with E-state index in [0.29, 0.717) is 31.2 Å². The lowest BCUT2D eigenvalue weighted by atomic mass is 10.2. The Morgan fingerprint density at radius 3 is 2.32 bits per heavy atom. The number of carbonyl (C=O) groups is 2. The Labute approximate surface area is 117 Å². The second kappa shape index (κ2) is 5.89. The molecule has 1 fully saturated rings. The minimum atomic E-state index is -0.458. The molecule has 0 atom stereocenters. The van der Waals surface area contributed by atoms with E-state index < -0.39 is 11.8 Å². The molecule has 0 radical (unpaired) electrons. The second-order valence-electron chi connectivity index (χ2n) is 4.39. The Hall–Kier alpha value is -1.81. The van der Waals surface area contributed by atoms with E-state index in [9.17, 15) is 9.59 Å². The molecule has 0 spiro atoms. The largest absolute Gasteiger partial charge is 0.329 e. The summed E-state index contributed by atoms with van der Waals surface area (Å²) in [6.45, 7) is 5.52. The van der Waals surface area contributed by atoms with Gasteiger partial charge in [0, 0.05) is 31.2 Å². The van der Waals surface area contributed by atoms with Crippen LogP contribution in [0.5, 0.6) is 0 Å². The van der Waals surface area contributed by atoms with E-state index in [1.807, 2.05) is 12.1 Å². The molecule has 1 aromatic carbocycles. The van der Waals surface area contributed by atoms with Crippen LogP contribution in [0.15, 0.2) is 36.9 Å². The van der Waals surface area contributed by atoms with Crippen molar-refractivity contribution in [3.63, 3.8) is 0 Å². The smallest absolute Gasteiger partial charge is 0.312 e. The van der Waals surface area contributed by atoms with Crippen LogP contribution < -0.4 is 0 Å². The summed E-state index contributed by atoms with van der Waals surface area (Å²) in [7, 11) is 0. The fourth-order valence-electron chi connectivity index (χ4n) is 2.01. The van der Waals surface area contributed by atoms with Crippen LogP contribution in [-0.2, 0) is 16.1 Å². The molecule has 0 bridgehead atoms. The molecule has 2 amide bonds. The molecule has 100 valence electrons. The molecule has 0 aromatic heterocycles. The van der Waals surface area contributed by atoms with Crippen LogP contribution in [0.1, 0.15) is 5.56 Å². The van der Waals surface area contributed by atoms with Crippen molar-refractivity contribution >= 4 is 23.4 Å². The van der Waals surface area contributed by atoms with Crippen molar-refractivity contribution in [1.82, 2.24) is 9.80 Å². The molecular formula is C14H15ClN2O2. The number of amides is 2. The van der Waals surface area contributed by atoms with Gasteiger partial charge in [0.05, 0.1) is 0 Å². The van der Waals surface area contributed by atoms with E-state index in [-0.39, 0.29) is 0 Å². The third-order valence-corrected chi connectivity index (χ3v) is 3.29. The van der Waals surface area contributed by atoms with Crippen molar-refractivity contribution in [2.75, 3.05) is 19.6 Å². The first kappa shape index (κ1) is 13.6. The lowest BCUT2D eigenvalue weighted by Gasteiger charge is -2.33. The number of benzene rings is 1. The molecule has 0 saturated carbocycles. The Bertz CT molecular complexity index is 499. The van der Waals surface area contributed by atoms with Crippen LogP contribution in [0.3, 0.4) is 0 Å². The van der Waals surface area contributed by atoms with Crippen LogP contribution >= 0.6 is 11.6 Å². The maximum absolute atomic E-state index is 12.0. The first-order chi connectivity index (χ1) is 9.11. The molecule has 0 aliphatic carbocycles. The van der Waals surface area contributed by atoms with Crippen molar-refractivity contribution in [3.8, 4) is 0 Å². The first-order valence-corrected chi connectivity index (χ1v) is 6.43. The van der Waals surface area contributed by atoms with Gasteiger partial charge in [0.15, 0.2) is 0 Å². The van der Waals surface area contributed by atoms with Crippen LogP contribution in [0.4, 0.5) is 0 Å². The average molecular weight is 279 g/mol. The molecule has 0 N–H and O–H groups in total. The molecule has 1 aliphatic rings. The van der Waals surface area contributed by atoms with Gasteiger partial charge in [-0.15, -0.1) is 6.58 Å². The van der Waals surface area contributed by atoms with Gasteiger partial charge in [0.25, 0.3) is 0 Å². The quantitative estimate of drug-likeness (QED) is 0.621. The van der Waals surface area contributed by atoms with E-state index in [4.69, 9.17) is 11.6 Å². The summed E-state index contributed by atoms with van der Waals surface area (Å²) in [5.74, 6) is -0.914. The Morgan fingerprint density at radius 2 is 1.68 bits per heavy atom. The molecule has 5 heteroatoms. The SMILES string of the molecule is C=CCN1CCN(Cc2ccc(Cl)cc2)C(=O)C1=O. The van der Waals surface area contributed by atoms with Crippen molar-refractivity contribution in [2.24, 2.45) is 0 Å². The Balaban J connectivity index is 2.03. The summed E-state index contributed by atoms with van der Waals surface area (Å²) in [6, 6.07) is 7.26. The fraction of sp³-hybridized carbons (Fsp3) is 0.286. The maximum atomic E-state index is 12.0. The third-order valence-electron chi connectivity index (χ3n) is 3.03. The highest BCUT2D eigenvalue weighted by Gasteiger charge is 2.31. The highest BCUT2D eigenvalue weighted by Crippen LogP contribution is 2.13. The van der Waals surface area contributed by atoms with Gasteiger partial charge in [-0.2, -0.15) is 0 Å². The Morgan fingerprint density at radius 1 is 1.11 bits per heavy atom. The molecule has 2 rings (SSSR count). The van der Waals surface area contributed by atoms with Crippen molar-refractivity contribution < 1.29 is 9.59 Å². The van der Waals surface area contributed by atoms with Crippen molar-refractivity contribution in [1.29, 1.82) is 0 Å². The lowest BCUT2D eigenvalue weighted by molar-refractivity contribution is -0.156. The molecule has 1 aromatic rings. The topological polar surface area (TPSA) is 40.6 Å². The monoisotopic (exact) mass is 278 g/mol. The predicted molar refractivity (Wildman–Crippen MR) is 73.6 cm³/mol. The molecule has 0 unspecified atom stereocenters. The van der Waals surface area contributed by atoms with Gasteiger partial charge in [-0.05, 0) is 17.7 Å². The number of rotatable bonds is 4. The Kier molecular flexibility index (Phi) is 4.22.